The SMILES string of the molecule is Cc1ccccc1NC(=O)[C@H](C)OC(=O)/C=C/c1cccc2ccccc12. The van der Waals surface area contributed by atoms with Crippen LogP contribution in [-0.4, -0.2) is 18.0 Å². The molecule has 0 aromatic heterocycles. The predicted octanol–water partition coefficient (Wildman–Crippen LogP) is 4.73. The van der Waals surface area contributed by atoms with Crippen LogP contribution in [0.3, 0.4) is 0 Å². The molecule has 0 radical (unpaired) electrons. The lowest BCUT2D eigenvalue weighted by molar-refractivity contribution is -0.148. The second-order valence-electron chi connectivity index (χ2n) is 6.28. The monoisotopic (exact) mass is 359 g/mol. The van der Waals surface area contributed by atoms with Crippen molar-refractivity contribution in [2.75, 3.05) is 5.32 Å². The minimum atomic E-state index is -0.894. The minimum Gasteiger partial charge on any atom is -0.449 e. The van der Waals surface area contributed by atoms with Crippen LogP contribution < -0.4 is 5.32 Å². The Hall–Kier alpha value is -3.40. The third-order valence-electron chi connectivity index (χ3n) is 4.29. The third kappa shape index (κ3) is 4.61. The van der Waals surface area contributed by atoms with E-state index in [-0.39, 0.29) is 5.91 Å². The minimum absolute atomic E-state index is 0.365. The van der Waals surface area contributed by atoms with Crippen molar-refractivity contribution in [2.24, 2.45) is 0 Å². The molecule has 0 aliphatic carbocycles. The van der Waals surface area contributed by atoms with Crippen LogP contribution in [-0.2, 0) is 14.3 Å². The van der Waals surface area contributed by atoms with Crippen molar-refractivity contribution in [3.8, 4) is 0 Å². The average Bonchev–Trinajstić information content (AvgIpc) is 2.68. The van der Waals surface area contributed by atoms with Crippen molar-refractivity contribution in [2.45, 2.75) is 20.0 Å². The van der Waals surface area contributed by atoms with Crippen LogP contribution in [0.2, 0.25) is 0 Å². The van der Waals surface area contributed by atoms with Gasteiger partial charge in [0.1, 0.15) is 0 Å². The summed E-state index contributed by atoms with van der Waals surface area (Å²) >= 11 is 0. The Morgan fingerprint density at radius 1 is 0.963 bits per heavy atom. The molecule has 1 atom stereocenters. The number of carbonyl (C=O) groups is 2. The predicted molar refractivity (Wildman–Crippen MR) is 108 cm³/mol. The van der Waals surface area contributed by atoms with Crippen molar-refractivity contribution >= 4 is 34.4 Å². The normalized spacial score (nSPS) is 12.1. The number of nitrogens with one attached hydrogen (secondary N) is 1. The number of aryl methyl sites for hydroxylation is 1. The van der Waals surface area contributed by atoms with Gasteiger partial charge in [-0.25, -0.2) is 4.79 Å². The van der Waals surface area contributed by atoms with Gasteiger partial charge in [0.05, 0.1) is 0 Å². The molecule has 0 saturated heterocycles. The molecule has 27 heavy (non-hydrogen) atoms. The second-order valence-corrected chi connectivity index (χ2v) is 6.28. The van der Waals surface area contributed by atoms with Crippen LogP contribution in [0.5, 0.6) is 0 Å². The Morgan fingerprint density at radius 3 is 2.48 bits per heavy atom. The molecule has 3 aromatic rings. The van der Waals surface area contributed by atoms with Crippen LogP contribution in [0.25, 0.3) is 16.8 Å². The number of hydrogen-bond acceptors (Lipinski definition) is 3. The summed E-state index contributed by atoms with van der Waals surface area (Å²) in [7, 11) is 0. The van der Waals surface area contributed by atoms with Crippen molar-refractivity contribution < 1.29 is 14.3 Å². The molecule has 0 fully saturated rings. The van der Waals surface area contributed by atoms with Gasteiger partial charge in [0.15, 0.2) is 6.10 Å². The number of rotatable bonds is 5. The maximum absolute atomic E-state index is 12.2. The zero-order valence-corrected chi connectivity index (χ0v) is 15.3. The number of fused-ring (bicyclic) bond motifs is 1. The van der Waals surface area contributed by atoms with Gasteiger partial charge >= 0.3 is 5.97 Å². The van der Waals surface area contributed by atoms with E-state index in [9.17, 15) is 9.59 Å². The fourth-order valence-corrected chi connectivity index (χ4v) is 2.77. The van der Waals surface area contributed by atoms with Gasteiger partial charge in [-0.05, 0) is 47.9 Å². The van der Waals surface area contributed by atoms with Crippen molar-refractivity contribution in [3.05, 3.63) is 83.9 Å². The number of hydrogen-bond donors (Lipinski definition) is 1. The smallest absolute Gasteiger partial charge is 0.331 e. The number of anilines is 1. The van der Waals surface area contributed by atoms with Crippen LogP contribution in [0.4, 0.5) is 5.69 Å². The average molecular weight is 359 g/mol. The van der Waals surface area contributed by atoms with Gasteiger partial charge in [-0.2, -0.15) is 0 Å². The van der Waals surface area contributed by atoms with E-state index in [1.165, 1.54) is 6.08 Å². The van der Waals surface area contributed by atoms with Crippen LogP contribution >= 0.6 is 0 Å². The highest BCUT2D eigenvalue weighted by atomic mass is 16.5. The molecule has 3 rings (SSSR count). The number of carbonyl (C=O) groups excluding carboxylic acids is 2. The second kappa shape index (κ2) is 8.32. The van der Waals surface area contributed by atoms with E-state index in [0.29, 0.717) is 5.69 Å². The molecule has 0 spiro atoms. The van der Waals surface area contributed by atoms with Crippen LogP contribution in [0.15, 0.2) is 72.8 Å². The highest BCUT2D eigenvalue weighted by Gasteiger charge is 2.17. The van der Waals surface area contributed by atoms with Crippen LogP contribution in [0, 0.1) is 6.92 Å². The molecular formula is C23H21NO3. The molecule has 3 aromatic carbocycles. The summed E-state index contributed by atoms with van der Waals surface area (Å²) in [5.74, 6) is -0.924. The van der Waals surface area contributed by atoms with E-state index >= 15 is 0 Å². The summed E-state index contributed by atoms with van der Waals surface area (Å²) in [6.45, 7) is 3.45. The number of benzene rings is 3. The van der Waals surface area contributed by atoms with Gasteiger partial charge in [0.25, 0.3) is 5.91 Å². The van der Waals surface area contributed by atoms with E-state index in [2.05, 4.69) is 5.32 Å². The molecule has 0 heterocycles. The van der Waals surface area contributed by atoms with Gasteiger partial charge in [0, 0.05) is 11.8 Å². The largest absolute Gasteiger partial charge is 0.449 e. The fourth-order valence-electron chi connectivity index (χ4n) is 2.77. The summed E-state index contributed by atoms with van der Waals surface area (Å²) in [5.41, 5.74) is 2.57. The highest BCUT2D eigenvalue weighted by Crippen LogP contribution is 2.19. The quantitative estimate of drug-likeness (QED) is 0.529. The Bertz CT molecular complexity index is 1000. The molecule has 4 heteroatoms. The first-order valence-electron chi connectivity index (χ1n) is 8.77. The first-order valence-corrected chi connectivity index (χ1v) is 8.77. The third-order valence-corrected chi connectivity index (χ3v) is 4.29. The number of ether oxygens (including phenoxy) is 1. The molecular weight excluding hydrogens is 338 g/mol. The topological polar surface area (TPSA) is 55.4 Å². The molecule has 136 valence electrons. The van der Waals surface area contributed by atoms with Gasteiger partial charge in [0.2, 0.25) is 0 Å². The first kappa shape index (κ1) is 18.4. The van der Waals surface area contributed by atoms with E-state index in [1.54, 1.807) is 13.0 Å². The lowest BCUT2D eigenvalue weighted by Crippen LogP contribution is -2.29. The summed E-state index contributed by atoms with van der Waals surface area (Å²) in [5, 5.41) is 4.92. The maximum atomic E-state index is 12.2. The lowest BCUT2D eigenvalue weighted by Gasteiger charge is -2.13. The van der Waals surface area contributed by atoms with Crippen molar-refractivity contribution in [3.63, 3.8) is 0 Å². The molecule has 0 aliphatic heterocycles. The standard InChI is InChI=1S/C23H21NO3/c1-16-8-3-6-13-21(16)24-23(26)17(2)27-22(25)15-14-19-11-7-10-18-9-4-5-12-20(18)19/h3-15,17H,1-2H3,(H,24,26)/b15-14+/t17-/m0/s1. The molecule has 0 unspecified atom stereocenters. The van der Waals surface area contributed by atoms with Gasteiger partial charge in [-0.3, -0.25) is 4.79 Å². The molecule has 0 bridgehead atoms. The summed E-state index contributed by atoms with van der Waals surface area (Å²) in [6, 6.07) is 21.3. The van der Waals surface area contributed by atoms with E-state index in [4.69, 9.17) is 4.74 Å². The van der Waals surface area contributed by atoms with E-state index in [0.717, 1.165) is 21.9 Å². The van der Waals surface area contributed by atoms with Gasteiger partial charge < -0.3 is 10.1 Å². The van der Waals surface area contributed by atoms with E-state index < -0.39 is 12.1 Å². The maximum Gasteiger partial charge on any atom is 0.331 e. The Balaban J connectivity index is 1.63. The highest BCUT2D eigenvalue weighted by molar-refractivity contribution is 5.98. The number of esters is 1. The Morgan fingerprint density at radius 2 is 1.67 bits per heavy atom. The van der Waals surface area contributed by atoms with E-state index in [1.807, 2.05) is 73.7 Å². The van der Waals surface area contributed by atoms with Gasteiger partial charge in [-0.1, -0.05) is 60.7 Å². The number of amides is 1. The van der Waals surface area contributed by atoms with Crippen molar-refractivity contribution in [1.29, 1.82) is 0 Å². The fraction of sp³-hybridized carbons (Fsp3) is 0.130. The summed E-state index contributed by atoms with van der Waals surface area (Å²) in [6.07, 6.45) is 2.16. The Labute approximate surface area is 158 Å². The zero-order chi connectivity index (χ0) is 19.2. The molecule has 0 saturated carbocycles. The number of para-hydroxylation sites is 1. The van der Waals surface area contributed by atoms with Crippen LogP contribution in [0.1, 0.15) is 18.1 Å². The summed E-state index contributed by atoms with van der Waals surface area (Å²) < 4.78 is 5.22. The Kier molecular flexibility index (Phi) is 5.67. The molecule has 4 nitrogen and oxygen atoms in total. The zero-order valence-electron chi connectivity index (χ0n) is 15.3. The molecule has 1 N–H and O–H groups in total. The molecule has 1 amide bonds. The molecule has 0 aliphatic rings. The first-order chi connectivity index (χ1) is 13.0. The van der Waals surface area contributed by atoms with Crippen molar-refractivity contribution in [1.82, 2.24) is 0 Å². The summed E-state index contributed by atoms with van der Waals surface area (Å²) in [4.78, 5) is 24.3. The lowest BCUT2D eigenvalue weighted by atomic mass is 10.0. The van der Waals surface area contributed by atoms with Gasteiger partial charge in [-0.15, -0.1) is 0 Å².